The average molecular weight is 374 g/mol. The number of primary amides is 1. The number of methoxy groups -OCH3 is 1. The Bertz CT molecular complexity index is 1010. The van der Waals surface area contributed by atoms with Gasteiger partial charge in [0.1, 0.15) is 17.3 Å². The van der Waals surface area contributed by atoms with E-state index >= 15 is 0 Å². The molecule has 9 heteroatoms. The van der Waals surface area contributed by atoms with E-state index in [0.717, 1.165) is 12.3 Å². The number of hydrogen-bond acceptors (Lipinski definition) is 5. The van der Waals surface area contributed by atoms with Gasteiger partial charge in [0, 0.05) is 29.9 Å². The van der Waals surface area contributed by atoms with E-state index in [1.165, 1.54) is 23.8 Å². The lowest BCUT2D eigenvalue weighted by Gasteiger charge is -2.23. The van der Waals surface area contributed by atoms with Crippen LogP contribution in [0.5, 0.6) is 5.75 Å². The number of carbonyl (C=O) groups is 1. The zero-order chi connectivity index (χ0) is 19.6. The highest BCUT2D eigenvalue weighted by molar-refractivity contribution is 6.05. The van der Waals surface area contributed by atoms with E-state index < -0.39 is 18.0 Å². The van der Waals surface area contributed by atoms with Crippen LogP contribution < -0.4 is 21.3 Å². The number of halogens is 2. The molecule has 3 heterocycles. The number of aromatic nitrogens is 2. The van der Waals surface area contributed by atoms with Gasteiger partial charge >= 0.3 is 0 Å². The average Bonchev–Trinajstić information content (AvgIpc) is 2.67. The van der Waals surface area contributed by atoms with Gasteiger partial charge in [0.15, 0.2) is 0 Å². The second-order valence-corrected chi connectivity index (χ2v) is 5.66. The van der Waals surface area contributed by atoms with Gasteiger partial charge in [0.25, 0.3) is 12.0 Å². The van der Waals surface area contributed by atoms with Gasteiger partial charge in [-0.15, -0.1) is 0 Å². The van der Waals surface area contributed by atoms with Crippen molar-refractivity contribution in [2.75, 3.05) is 13.7 Å². The summed E-state index contributed by atoms with van der Waals surface area (Å²) in [5, 5.41) is 2.94. The minimum Gasteiger partial charge on any atom is -0.494 e. The van der Waals surface area contributed by atoms with Gasteiger partial charge in [0.2, 0.25) is 5.91 Å². The number of alkyl halides is 2. The predicted molar refractivity (Wildman–Crippen MR) is 94.8 cm³/mol. The molecule has 0 atom stereocenters. The molecule has 27 heavy (non-hydrogen) atoms. The number of hydrogen-bond donors (Lipinski definition) is 2. The summed E-state index contributed by atoms with van der Waals surface area (Å²) >= 11 is 0. The van der Waals surface area contributed by atoms with Crippen LogP contribution in [0.15, 0.2) is 53.1 Å². The molecule has 0 spiro atoms. The van der Waals surface area contributed by atoms with Gasteiger partial charge in [-0.05, 0) is 23.8 Å². The fourth-order valence-corrected chi connectivity index (χ4v) is 2.74. The van der Waals surface area contributed by atoms with E-state index in [1.807, 2.05) is 0 Å². The predicted octanol–water partition coefficient (Wildman–Crippen LogP) is 1.53. The van der Waals surface area contributed by atoms with Gasteiger partial charge in [-0.1, -0.05) is 6.07 Å². The Morgan fingerprint density at radius 1 is 1.41 bits per heavy atom. The molecule has 0 aromatic carbocycles. The highest BCUT2D eigenvalue weighted by atomic mass is 19.3. The zero-order valence-electron chi connectivity index (χ0n) is 14.3. The van der Waals surface area contributed by atoms with Crippen molar-refractivity contribution in [3.8, 4) is 5.75 Å². The standard InChI is InChI=1S/C18H16F2N4O3/c1-27-14-9-22-13(17(19)20)6-11(14)10-7-15(23-8-12(10)18(21)26)24-5-3-2-4-16(24)25/h2-7,9,17,23H,8H2,1H3,(H2,21,26). The first-order valence-corrected chi connectivity index (χ1v) is 7.91. The smallest absolute Gasteiger partial charge is 0.280 e. The van der Waals surface area contributed by atoms with Crippen LogP contribution in [-0.4, -0.2) is 29.1 Å². The van der Waals surface area contributed by atoms with E-state index in [0.29, 0.717) is 5.82 Å². The second kappa shape index (κ2) is 7.40. The normalized spacial score (nSPS) is 14.0. The molecule has 1 amide bonds. The first-order chi connectivity index (χ1) is 12.9. The van der Waals surface area contributed by atoms with Gasteiger partial charge in [-0.3, -0.25) is 19.1 Å². The molecule has 140 valence electrons. The van der Waals surface area contributed by atoms with Crippen molar-refractivity contribution in [3.05, 3.63) is 69.9 Å². The monoisotopic (exact) mass is 374 g/mol. The van der Waals surface area contributed by atoms with Crippen molar-refractivity contribution < 1.29 is 18.3 Å². The highest BCUT2D eigenvalue weighted by Crippen LogP contribution is 2.34. The molecule has 1 aliphatic heterocycles. The number of carbonyl (C=O) groups excluding carboxylic acids is 1. The Labute approximate surface area is 152 Å². The van der Waals surface area contributed by atoms with Gasteiger partial charge < -0.3 is 15.8 Å². The van der Waals surface area contributed by atoms with E-state index in [-0.39, 0.29) is 34.6 Å². The highest BCUT2D eigenvalue weighted by Gasteiger charge is 2.23. The van der Waals surface area contributed by atoms with Crippen LogP contribution in [0.4, 0.5) is 8.78 Å². The summed E-state index contributed by atoms with van der Waals surface area (Å²) in [7, 11) is 1.36. The summed E-state index contributed by atoms with van der Waals surface area (Å²) in [6.07, 6.45) is 1.40. The lowest BCUT2D eigenvalue weighted by molar-refractivity contribution is -0.114. The van der Waals surface area contributed by atoms with Gasteiger partial charge in [0.05, 0.1) is 13.3 Å². The maximum atomic E-state index is 13.1. The van der Waals surface area contributed by atoms with Crippen LogP contribution >= 0.6 is 0 Å². The Kier molecular flexibility index (Phi) is 5.02. The van der Waals surface area contributed by atoms with Crippen molar-refractivity contribution in [1.82, 2.24) is 14.9 Å². The Balaban J connectivity index is 2.23. The summed E-state index contributed by atoms with van der Waals surface area (Å²) in [4.78, 5) is 27.6. The number of pyridine rings is 2. The molecular weight excluding hydrogens is 358 g/mol. The first kappa shape index (κ1) is 18.3. The summed E-state index contributed by atoms with van der Waals surface area (Å²) in [6.45, 7) is 0.0212. The molecule has 7 nitrogen and oxygen atoms in total. The molecule has 0 bridgehead atoms. The Hall–Kier alpha value is -3.49. The number of nitrogens with two attached hydrogens (primary N) is 1. The molecule has 3 rings (SSSR count). The number of rotatable bonds is 5. The van der Waals surface area contributed by atoms with E-state index in [9.17, 15) is 18.4 Å². The molecule has 0 saturated heterocycles. The van der Waals surface area contributed by atoms with Crippen LogP contribution in [0.2, 0.25) is 0 Å². The largest absolute Gasteiger partial charge is 0.494 e. The molecule has 0 aliphatic carbocycles. The third-order valence-corrected chi connectivity index (χ3v) is 4.05. The lowest BCUT2D eigenvalue weighted by atomic mass is 9.96. The number of nitrogens with zero attached hydrogens (tertiary/aromatic N) is 2. The number of allylic oxidation sites excluding steroid dienone is 2. The van der Waals surface area contributed by atoms with Gasteiger partial charge in [-0.2, -0.15) is 0 Å². The SMILES string of the molecule is COc1cnc(C(F)F)cc1C1=C(C(N)=O)CNC(n2ccccc2=O)=C1. The summed E-state index contributed by atoms with van der Waals surface area (Å²) in [6, 6.07) is 5.78. The van der Waals surface area contributed by atoms with Crippen molar-refractivity contribution in [1.29, 1.82) is 0 Å². The van der Waals surface area contributed by atoms with Gasteiger partial charge in [-0.25, -0.2) is 8.78 Å². The van der Waals surface area contributed by atoms with Crippen LogP contribution in [0.25, 0.3) is 11.4 Å². The summed E-state index contributed by atoms with van der Waals surface area (Å²) in [5.41, 5.74) is 5.39. The first-order valence-electron chi connectivity index (χ1n) is 7.91. The molecule has 2 aromatic rings. The molecule has 0 unspecified atom stereocenters. The maximum Gasteiger partial charge on any atom is 0.280 e. The number of nitrogens with one attached hydrogen (secondary N) is 1. The van der Waals surface area contributed by atoms with Crippen LogP contribution in [0.1, 0.15) is 17.7 Å². The van der Waals surface area contributed by atoms with Crippen molar-refractivity contribution in [2.24, 2.45) is 5.73 Å². The Morgan fingerprint density at radius 2 is 2.19 bits per heavy atom. The third-order valence-electron chi connectivity index (χ3n) is 4.05. The number of amides is 1. The molecule has 3 N–H and O–H groups in total. The molecule has 1 aliphatic rings. The topological polar surface area (TPSA) is 99.2 Å². The van der Waals surface area contributed by atoms with Crippen molar-refractivity contribution in [2.45, 2.75) is 6.43 Å². The van der Waals surface area contributed by atoms with Crippen LogP contribution in [0, 0.1) is 0 Å². The Morgan fingerprint density at radius 3 is 2.81 bits per heavy atom. The van der Waals surface area contributed by atoms with E-state index in [1.54, 1.807) is 18.3 Å². The molecule has 2 aromatic heterocycles. The minimum atomic E-state index is -2.80. The fraction of sp³-hybridized carbons (Fsp3) is 0.167. The van der Waals surface area contributed by atoms with E-state index in [4.69, 9.17) is 10.5 Å². The van der Waals surface area contributed by atoms with Crippen molar-refractivity contribution in [3.63, 3.8) is 0 Å². The summed E-state index contributed by atoms with van der Waals surface area (Å²) in [5.74, 6) is -0.144. The zero-order valence-corrected chi connectivity index (χ0v) is 14.3. The quantitative estimate of drug-likeness (QED) is 0.827. The molecular formula is C18H16F2N4O3. The minimum absolute atomic E-state index is 0.0212. The van der Waals surface area contributed by atoms with E-state index in [2.05, 4.69) is 10.3 Å². The third kappa shape index (κ3) is 3.57. The second-order valence-electron chi connectivity index (χ2n) is 5.66. The van der Waals surface area contributed by atoms with Crippen molar-refractivity contribution >= 4 is 17.3 Å². The fourth-order valence-electron chi connectivity index (χ4n) is 2.74. The number of dihydropyridines is 1. The lowest BCUT2D eigenvalue weighted by Crippen LogP contribution is -2.33. The molecule has 0 radical (unpaired) electrons. The van der Waals surface area contributed by atoms with Crippen LogP contribution in [-0.2, 0) is 4.79 Å². The molecule has 0 saturated carbocycles. The maximum absolute atomic E-state index is 13.1. The summed E-state index contributed by atoms with van der Waals surface area (Å²) < 4.78 is 32.8. The molecule has 0 fully saturated rings. The van der Waals surface area contributed by atoms with Crippen LogP contribution in [0.3, 0.4) is 0 Å². The number of ether oxygens (including phenoxy) is 1.